The SMILES string of the molecule is CCCN1CCN(c2ccc(C(=O)NC(CC(C)(C)C)C(=O)N3C[C@@H](C(F)F)[C@H]4OCC(=O)[C@H]43)cc2)CC1. The Labute approximate surface area is 223 Å². The van der Waals surface area contributed by atoms with Crippen LogP contribution in [-0.2, 0) is 14.3 Å². The molecule has 3 fully saturated rings. The van der Waals surface area contributed by atoms with Crippen molar-refractivity contribution in [1.29, 1.82) is 0 Å². The Morgan fingerprint density at radius 3 is 2.34 bits per heavy atom. The molecule has 3 aliphatic rings. The average molecular weight is 535 g/mol. The number of anilines is 1. The molecule has 38 heavy (non-hydrogen) atoms. The van der Waals surface area contributed by atoms with Crippen LogP contribution in [0.2, 0.25) is 0 Å². The maximum Gasteiger partial charge on any atom is 0.251 e. The van der Waals surface area contributed by atoms with Crippen molar-refractivity contribution in [3.63, 3.8) is 0 Å². The summed E-state index contributed by atoms with van der Waals surface area (Å²) in [7, 11) is 0. The number of benzene rings is 1. The van der Waals surface area contributed by atoms with Gasteiger partial charge in [0, 0.05) is 44.0 Å². The molecular weight excluding hydrogens is 494 g/mol. The van der Waals surface area contributed by atoms with Gasteiger partial charge in [-0.25, -0.2) is 8.78 Å². The number of ether oxygens (including phenoxy) is 1. The van der Waals surface area contributed by atoms with Gasteiger partial charge in [0.1, 0.15) is 18.7 Å². The first kappa shape index (κ1) is 28.4. The maximum absolute atomic E-state index is 13.7. The molecule has 1 aromatic rings. The summed E-state index contributed by atoms with van der Waals surface area (Å²) < 4.78 is 32.7. The molecule has 1 N–H and O–H groups in total. The molecule has 2 amide bonds. The summed E-state index contributed by atoms with van der Waals surface area (Å²) >= 11 is 0. The van der Waals surface area contributed by atoms with Gasteiger partial charge >= 0.3 is 0 Å². The van der Waals surface area contributed by atoms with Crippen LogP contribution in [0.15, 0.2) is 24.3 Å². The fourth-order valence-electron chi connectivity index (χ4n) is 5.77. The monoisotopic (exact) mass is 534 g/mol. The minimum atomic E-state index is -2.71. The number of alkyl halides is 2. The number of Topliss-reactive ketones (excluding diaryl/α,β-unsaturated/α-hetero) is 1. The van der Waals surface area contributed by atoms with Crippen LogP contribution in [0.5, 0.6) is 0 Å². The first-order chi connectivity index (χ1) is 18.0. The number of rotatable bonds is 8. The molecule has 3 saturated heterocycles. The van der Waals surface area contributed by atoms with Gasteiger partial charge in [-0.05, 0) is 49.1 Å². The van der Waals surface area contributed by atoms with Crippen molar-refractivity contribution in [2.75, 3.05) is 50.8 Å². The Balaban J connectivity index is 1.45. The fraction of sp³-hybridized carbons (Fsp3) is 0.679. The van der Waals surface area contributed by atoms with E-state index in [4.69, 9.17) is 4.74 Å². The summed E-state index contributed by atoms with van der Waals surface area (Å²) in [5.41, 5.74) is 1.12. The number of nitrogens with one attached hydrogen (secondary N) is 1. The van der Waals surface area contributed by atoms with Crippen molar-refractivity contribution in [2.24, 2.45) is 11.3 Å². The molecule has 210 valence electrons. The number of likely N-dealkylation sites (tertiary alicyclic amines) is 1. The Hall–Kier alpha value is -2.59. The van der Waals surface area contributed by atoms with Gasteiger partial charge in [-0.15, -0.1) is 0 Å². The molecule has 0 bridgehead atoms. The second-order valence-corrected chi connectivity index (χ2v) is 11.8. The highest BCUT2D eigenvalue weighted by atomic mass is 19.3. The van der Waals surface area contributed by atoms with Gasteiger partial charge in [-0.3, -0.25) is 19.3 Å². The average Bonchev–Trinajstić information content (AvgIpc) is 3.44. The topological polar surface area (TPSA) is 82.2 Å². The molecule has 4 atom stereocenters. The zero-order valence-corrected chi connectivity index (χ0v) is 22.8. The van der Waals surface area contributed by atoms with Crippen LogP contribution in [-0.4, -0.2) is 97.9 Å². The van der Waals surface area contributed by atoms with Gasteiger partial charge in [0.2, 0.25) is 12.3 Å². The van der Waals surface area contributed by atoms with Crippen LogP contribution >= 0.6 is 0 Å². The molecule has 1 aromatic carbocycles. The molecule has 0 saturated carbocycles. The molecule has 0 radical (unpaired) electrons. The number of nitrogens with zero attached hydrogens (tertiary/aromatic N) is 3. The van der Waals surface area contributed by atoms with Crippen molar-refractivity contribution < 1.29 is 27.9 Å². The number of hydrogen-bond donors (Lipinski definition) is 1. The van der Waals surface area contributed by atoms with E-state index in [0.29, 0.717) is 12.0 Å². The zero-order valence-electron chi connectivity index (χ0n) is 22.8. The number of ketones is 1. The number of hydrogen-bond acceptors (Lipinski definition) is 6. The molecule has 0 aliphatic carbocycles. The molecule has 3 aliphatic heterocycles. The van der Waals surface area contributed by atoms with Gasteiger partial charge in [0.05, 0.1) is 12.0 Å². The molecule has 4 rings (SSSR count). The van der Waals surface area contributed by atoms with Crippen molar-refractivity contribution in [1.82, 2.24) is 15.1 Å². The Morgan fingerprint density at radius 1 is 1.11 bits per heavy atom. The standard InChI is InChI=1S/C28H40F2N4O4/c1-5-10-32-11-13-33(14-12-32)19-8-6-18(7-9-19)26(36)31-21(15-28(2,3)4)27(37)34-16-20(25(29)30)24-23(34)22(35)17-38-24/h6-9,20-21,23-25H,5,10-17H2,1-4H3,(H,31,36)/t20-,21?,23-,24-/m1/s1. The van der Waals surface area contributed by atoms with Crippen LogP contribution in [0, 0.1) is 11.3 Å². The lowest BCUT2D eigenvalue weighted by molar-refractivity contribution is -0.138. The highest BCUT2D eigenvalue weighted by Gasteiger charge is 2.55. The van der Waals surface area contributed by atoms with Crippen molar-refractivity contribution in [3.05, 3.63) is 29.8 Å². The Bertz CT molecular complexity index is 1010. The van der Waals surface area contributed by atoms with Gasteiger partial charge in [0.25, 0.3) is 5.91 Å². The number of carbonyl (C=O) groups is 3. The second-order valence-electron chi connectivity index (χ2n) is 11.8. The van der Waals surface area contributed by atoms with Crippen molar-refractivity contribution >= 4 is 23.3 Å². The molecule has 8 nitrogen and oxygen atoms in total. The van der Waals surface area contributed by atoms with Crippen LogP contribution in [0.25, 0.3) is 0 Å². The van der Waals surface area contributed by atoms with E-state index in [1.54, 1.807) is 12.1 Å². The van der Waals surface area contributed by atoms with E-state index in [1.165, 1.54) is 4.90 Å². The van der Waals surface area contributed by atoms with Gasteiger partial charge in [-0.2, -0.15) is 0 Å². The minimum Gasteiger partial charge on any atom is -0.369 e. The van der Waals surface area contributed by atoms with E-state index in [-0.39, 0.29) is 24.3 Å². The van der Waals surface area contributed by atoms with Crippen LogP contribution in [0.4, 0.5) is 14.5 Å². The third kappa shape index (κ3) is 6.34. The Morgan fingerprint density at radius 2 is 1.76 bits per heavy atom. The summed E-state index contributed by atoms with van der Waals surface area (Å²) in [5, 5.41) is 2.83. The third-order valence-corrected chi connectivity index (χ3v) is 7.66. The maximum atomic E-state index is 13.7. The van der Waals surface area contributed by atoms with Crippen LogP contribution < -0.4 is 10.2 Å². The number of carbonyl (C=O) groups excluding carboxylic acids is 3. The molecule has 0 aromatic heterocycles. The predicted octanol–water partition coefficient (Wildman–Crippen LogP) is 2.81. The molecule has 3 heterocycles. The number of amides is 2. The van der Waals surface area contributed by atoms with E-state index in [2.05, 4.69) is 22.0 Å². The van der Waals surface area contributed by atoms with Gasteiger partial charge in [-0.1, -0.05) is 27.7 Å². The summed E-state index contributed by atoms with van der Waals surface area (Å²) in [6.07, 6.45) is -2.29. The van der Waals surface area contributed by atoms with Crippen LogP contribution in [0.1, 0.15) is 50.9 Å². The van der Waals surface area contributed by atoms with E-state index in [9.17, 15) is 23.2 Å². The Kier molecular flexibility index (Phi) is 8.72. The molecule has 0 spiro atoms. The first-order valence-corrected chi connectivity index (χ1v) is 13.6. The van der Waals surface area contributed by atoms with E-state index < -0.39 is 42.3 Å². The van der Waals surface area contributed by atoms with Gasteiger partial charge < -0.3 is 19.9 Å². The lowest BCUT2D eigenvalue weighted by atomic mass is 9.87. The normalized spacial score (nSPS) is 25.1. The molecule has 10 heteroatoms. The van der Waals surface area contributed by atoms with E-state index >= 15 is 0 Å². The number of piperazine rings is 1. The summed E-state index contributed by atoms with van der Waals surface area (Å²) in [6, 6.07) is 5.33. The smallest absolute Gasteiger partial charge is 0.251 e. The highest BCUT2D eigenvalue weighted by Crippen LogP contribution is 2.36. The van der Waals surface area contributed by atoms with E-state index in [0.717, 1.165) is 44.8 Å². The second kappa shape index (κ2) is 11.7. The predicted molar refractivity (Wildman–Crippen MR) is 140 cm³/mol. The summed E-state index contributed by atoms with van der Waals surface area (Å²) in [5.74, 6) is -2.54. The van der Waals surface area contributed by atoms with Crippen LogP contribution in [0.3, 0.4) is 0 Å². The molecular formula is C28H40F2N4O4. The number of fused-ring (bicyclic) bond motifs is 1. The van der Waals surface area contributed by atoms with Crippen molar-refractivity contribution in [2.45, 2.75) is 65.1 Å². The summed E-state index contributed by atoms with van der Waals surface area (Å²) in [6.45, 7) is 12.4. The number of halogens is 2. The highest BCUT2D eigenvalue weighted by molar-refractivity contribution is 5.99. The quantitative estimate of drug-likeness (QED) is 0.553. The van der Waals surface area contributed by atoms with Crippen molar-refractivity contribution in [3.8, 4) is 0 Å². The first-order valence-electron chi connectivity index (χ1n) is 13.6. The fourth-order valence-corrected chi connectivity index (χ4v) is 5.77. The molecule has 1 unspecified atom stereocenters. The lowest BCUT2D eigenvalue weighted by Gasteiger charge is -2.36. The summed E-state index contributed by atoms with van der Waals surface area (Å²) in [4.78, 5) is 45.2. The lowest BCUT2D eigenvalue weighted by Crippen LogP contribution is -2.53. The van der Waals surface area contributed by atoms with Gasteiger partial charge in [0.15, 0.2) is 5.78 Å². The van der Waals surface area contributed by atoms with E-state index in [1.807, 2.05) is 32.9 Å². The third-order valence-electron chi connectivity index (χ3n) is 7.66. The zero-order chi connectivity index (χ0) is 27.6. The largest absolute Gasteiger partial charge is 0.369 e. The minimum absolute atomic E-state index is 0.270.